The van der Waals surface area contributed by atoms with Gasteiger partial charge < -0.3 is 9.47 Å². The van der Waals surface area contributed by atoms with Crippen LogP contribution in [0.4, 0.5) is 0 Å². The maximum Gasteiger partial charge on any atom is 0.241 e. The summed E-state index contributed by atoms with van der Waals surface area (Å²) in [6.07, 6.45) is 9.60. The third-order valence-electron chi connectivity index (χ3n) is 7.26. The number of likely N-dealkylation sites (tertiary alicyclic amines) is 2. The standard InChI is InChI=1S/C27H29N5O3/c1-30-16-14-29-25(30)22-9-5-6-15-31(22)23(33)17-27(21-7-3-2-4-8-21)18-24(34)32(26(27)35)19-20-10-12-28-13-11-20/h2-4,7-8,10-14,16,22H,5-6,9,15,17-19H2,1H3/t22-,27+/m1/s1. The Morgan fingerprint density at radius 2 is 1.83 bits per heavy atom. The number of piperidine rings is 1. The first kappa shape index (κ1) is 23.0. The van der Waals surface area contributed by atoms with Gasteiger partial charge in [0.1, 0.15) is 5.82 Å². The SMILES string of the molecule is Cn1ccnc1[C@H]1CCCCN1C(=O)C[C@@]1(c2ccccc2)CC(=O)N(Cc2ccncc2)C1=O. The molecule has 0 spiro atoms. The molecule has 0 radical (unpaired) electrons. The van der Waals surface area contributed by atoms with Gasteiger partial charge >= 0.3 is 0 Å². The first-order chi connectivity index (χ1) is 17.0. The Balaban J connectivity index is 1.47. The van der Waals surface area contributed by atoms with Crippen molar-refractivity contribution in [3.63, 3.8) is 0 Å². The molecule has 5 rings (SSSR count). The summed E-state index contributed by atoms with van der Waals surface area (Å²) in [5, 5.41) is 0. The van der Waals surface area contributed by atoms with Crippen LogP contribution < -0.4 is 0 Å². The summed E-state index contributed by atoms with van der Waals surface area (Å²) in [6.45, 7) is 0.784. The lowest BCUT2D eigenvalue weighted by atomic mass is 9.75. The van der Waals surface area contributed by atoms with Gasteiger partial charge in [-0.3, -0.25) is 24.3 Å². The second kappa shape index (κ2) is 9.44. The Bertz CT molecular complexity index is 1230. The van der Waals surface area contributed by atoms with E-state index in [1.165, 1.54) is 4.90 Å². The van der Waals surface area contributed by atoms with E-state index in [9.17, 15) is 14.4 Å². The van der Waals surface area contributed by atoms with Gasteiger partial charge in [0.05, 0.1) is 18.0 Å². The predicted molar refractivity (Wildman–Crippen MR) is 129 cm³/mol. The smallest absolute Gasteiger partial charge is 0.241 e. The van der Waals surface area contributed by atoms with Gasteiger partial charge in [-0.15, -0.1) is 0 Å². The Kier molecular flexibility index (Phi) is 6.19. The first-order valence-corrected chi connectivity index (χ1v) is 12.1. The van der Waals surface area contributed by atoms with E-state index in [0.29, 0.717) is 12.1 Å². The van der Waals surface area contributed by atoms with Crippen molar-refractivity contribution in [2.24, 2.45) is 7.05 Å². The summed E-state index contributed by atoms with van der Waals surface area (Å²) < 4.78 is 1.95. The molecule has 35 heavy (non-hydrogen) atoms. The van der Waals surface area contributed by atoms with E-state index in [1.807, 2.05) is 53.0 Å². The van der Waals surface area contributed by atoms with Crippen LogP contribution in [0.15, 0.2) is 67.3 Å². The maximum atomic E-state index is 13.9. The summed E-state index contributed by atoms with van der Waals surface area (Å²) in [5.74, 6) is 0.153. The molecule has 2 atom stereocenters. The van der Waals surface area contributed by atoms with E-state index in [0.717, 1.165) is 30.7 Å². The molecule has 8 heteroatoms. The fourth-order valence-electron chi connectivity index (χ4n) is 5.41. The van der Waals surface area contributed by atoms with Gasteiger partial charge in [0.25, 0.3) is 0 Å². The summed E-state index contributed by atoms with van der Waals surface area (Å²) in [7, 11) is 1.93. The van der Waals surface area contributed by atoms with E-state index >= 15 is 0 Å². The fraction of sp³-hybridized carbons (Fsp3) is 0.370. The number of pyridine rings is 1. The maximum absolute atomic E-state index is 13.9. The van der Waals surface area contributed by atoms with Gasteiger partial charge in [0, 0.05) is 51.2 Å². The predicted octanol–water partition coefficient (Wildman–Crippen LogP) is 3.16. The molecular weight excluding hydrogens is 442 g/mol. The van der Waals surface area contributed by atoms with Crippen molar-refractivity contribution in [1.82, 2.24) is 24.3 Å². The van der Waals surface area contributed by atoms with Gasteiger partial charge in [-0.25, -0.2) is 4.98 Å². The molecule has 2 aliphatic heterocycles. The van der Waals surface area contributed by atoms with Crippen molar-refractivity contribution in [2.75, 3.05) is 6.54 Å². The molecular formula is C27H29N5O3. The number of carbonyl (C=O) groups is 3. The molecule has 3 aromatic rings. The van der Waals surface area contributed by atoms with E-state index in [-0.39, 0.29) is 43.1 Å². The summed E-state index contributed by atoms with van der Waals surface area (Å²) in [4.78, 5) is 52.6. The van der Waals surface area contributed by atoms with E-state index in [1.54, 1.807) is 30.7 Å². The molecule has 2 aromatic heterocycles. The minimum absolute atomic E-state index is 0.0203. The number of aryl methyl sites for hydroxylation is 1. The van der Waals surface area contributed by atoms with Crippen molar-refractivity contribution >= 4 is 17.7 Å². The minimum Gasteiger partial charge on any atom is -0.336 e. The van der Waals surface area contributed by atoms with Crippen LogP contribution in [0.1, 0.15) is 55.1 Å². The highest BCUT2D eigenvalue weighted by atomic mass is 16.2. The highest BCUT2D eigenvalue weighted by molar-refractivity contribution is 6.10. The van der Waals surface area contributed by atoms with Crippen molar-refractivity contribution < 1.29 is 14.4 Å². The molecule has 0 aliphatic carbocycles. The lowest BCUT2D eigenvalue weighted by Crippen LogP contribution is -2.46. The van der Waals surface area contributed by atoms with Gasteiger partial charge in [-0.1, -0.05) is 30.3 Å². The molecule has 0 saturated carbocycles. The van der Waals surface area contributed by atoms with Crippen LogP contribution in [-0.2, 0) is 33.4 Å². The van der Waals surface area contributed by atoms with Crippen LogP contribution in [0.2, 0.25) is 0 Å². The van der Waals surface area contributed by atoms with E-state index in [4.69, 9.17) is 0 Å². The topological polar surface area (TPSA) is 88.4 Å². The zero-order chi connectivity index (χ0) is 24.4. The largest absolute Gasteiger partial charge is 0.336 e. The quantitative estimate of drug-likeness (QED) is 0.516. The van der Waals surface area contributed by atoms with Crippen molar-refractivity contribution in [1.29, 1.82) is 0 Å². The van der Waals surface area contributed by atoms with Crippen molar-refractivity contribution in [3.05, 3.63) is 84.2 Å². The normalized spacial score (nSPS) is 22.6. The Morgan fingerprint density at radius 1 is 1.06 bits per heavy atom. The number of aromatic nitrogens is 3. The van der Waals surface area contributed by atoms with Crippen LogP contribution in [0.25, 0.3) is 0 Å². The molecule has 180 valence electrons. The molecule has 0 N–H and O–H groups in total. The van der Waals surface area contributed by atoms with Crippen molar-refractivity contribution in [3.8, 4) is 0 Å². The molecule has 2 fully saturated rings. The third-order valence-corrected chi connectivity index (χ3v) is 7.26. The van der Waals surface area contributed by atoms with Gasteiger partial charge in [-0.05, 0) is 42.5 Å². The van der Waals surface area contributed by atoms with Gasteiger partial charge in [0.15, 0.2) is 0 Å². The average molecular weight is 472 g/mol. The van der Waals surface area contributed by atoms with Crippen molar-refractivity contribution in [2.45, 2.75) is 50.1 Å². The lowest BCUT2D eigenvalue weighted by Gasteiger charge is -2.37. The summed E-state index contributed by atoms with van der Waals surface area (Å²) in [5.41, 5.74) is 0.309. The molecule has 2 aliphatic rings. The number of carbonyl (C=O) groups excluding carboxylic acids is 3. The number of benzene rings is 1. The first-order valence-electron chi connectivity index (χ1n) is 12.1. The number of hydrogen-bond acceptors (Lipinski definition) is 5. The fourth-order valence-corrected chi connectivity index (χ4v) is 5.41. The average Bonchev–Trinajstić information content (AvgIpc) is 3.42. The number of nitrogens with zero attached hydrogens (tertiary/aromatic N) is 5. The van der Waals surface area contributed by atoms with Gasteiger partial charge in [0.2, 0.25) is 17.7 Å². The Morgan fingerprint density at radius 3 is 2.54 bits per heavy atom. The number of hydrogen-bond donors (Lipinski definition) is 0. The Hall–Kier alpha value is -3.81. The van der Waals surface area contributed by atoms with E-state index < -0.39 is 5.41 Å². The molecule has 2 saturated heterocycles. The number of rotatable bonds is 6. The lowest BCUT2D eigenvalue weighted by molar-refractivity contribution is -0.144. The second-order valence-corrected chi connectivity index (χ2v) is 9.44. The van der Waals surface area contributed by atoms with Crippen LogP contribution in [0.5, 0.6) is 0 Å². The molecule has 1 aromatic carbocycles. The van der Waals surface area contributed by atoms with Gasteiger partial charge in [-0.2, -0.15) is 0 Å². The number of amides is 3. The zero-order valence-electron chi connectivity index (χ0n) is 19.8. The Labute approximate surface area is 204 Å². The zero-order valence-corrected chi connectivity index (χ0v) is 19.8. The number of imide groups is 1. The van der Waals surface area contributed by atoms with Crippen LogP contribution >= 0.6 is 0 Å². The molecule has 0 bridgehead atoms. The second-order valence-electron chi connectivity index (χ2n) is 9.44. The molecule has 4 heterocycles. The number of imidazole rings is 1. The monoisotopic (exact) mass is 471 g/mol. The third kappa shape index (κ3) is 4.24. The summed E-state index contributed by atoms with van der Waals surface area (Å²) in [6, 6.07) is 12.7. The highest BCUT2D eigenvalue weighted by Gasteiger charge is 2.54. The molecule has 0 unspecified atom stereocenters. The highest BCUT2D eigenvalue weighted by Crippen LogP contribution is 2.42. The minimum atomic E-state index is -1.22. The molecule has 3 amide bonds. The van der Waals surface area contributed by atoms with Crippen LogP contribution in [0.3, 0.4) is 0 Å². The van der Waals surface area contributed by atoms with E-state index in [2.05, 4.69) is 9.97 Å². The molecule has 8 nitrogen and oxygen atoms in total. The van der Waals surface area contributed by atoms with Crippen LogP contribution in [-0.4, -0.2) is 48.6 Å². The van der Waals surface area contributed by atoms with Crippen LogP contribution in [0, 0.1) is 0 Å². The summed E-state index contributed by atoms with van der Waals surface area (Å²) >= 11 is 0.